The first-order chi connectivity index (χ1) is 9.29. The van der Waals surface area contributed by atoms with E-state index in [1.54, 1.807) is 6.07 Å². The number of halogens is 1. The molecule has 1 aromatic carbocycles. The molecule has 1 heterocycles. The van der Waals surface area contributed by atoms with Gasteiger partial charge in [0.25, 0.3) is 0 Å². The van der Waals surface area contributed by atoms with Crippen LogP contribution in [0.15, 0.2) is 18.2 Å². The minimum atomic E-state index is -0.849. The fourth-order valence-electron chi connectivity index (χ4n) is 2.68. The second-order valence-electron chi connectivity index (χ2n) is 6.59. The number of benzene rings is 1. The van der Waals surface area contributed by atoms with Crippen molar-refractivity contribution in [2.24, 2.45) is 0 Å². The van der Waals surface area contributed by atoms with Gasteiger partial charge in [-0.05, 0) is 39.3 Å². The lowest BCUT2D eigenvalue weighted by Crippen LogP contribution is -2.54. The van der Waals surface area contributed by atoms with Gasteiger partial charge in [0.05, 0.1) is 0 Å². The smallest absolute Gasteiger partial charge is 0.136 e. The molecule has 1 unspecified atom stereocenters. The molecule has 0 saturated carbocycles. The Morgan fingerprint density at radius 3 is 2.25 bits per heavy atom. The van der Waals surface area contributed by atoms with Gasteiger partial charge in [-0.15, -0.1) is 0 Å². The molecule has 2 rings (SSSR count). The third kappa shape index (κ3) is 3.37. The van der Waals surface area contributed by atoms with Crippen LogP contribution in [0.4, 0.5) is 4.39 Å². The molecular weight excluding hydrogens is 255 g/mol. The van der Waals surface area contributed by atoms with Crippen molar-refractivity contribution in [3.63, 3.8) is 0 Å². The lowest BCUT2D eigenvalue weighted by Gasteiger charge is -2.43. The Labute approximate surface area is 121 Å². The van der Waals surface area contributed by atoms with E-state index in [1.807, 2.05) is 17.9 Å². The quantitative estimate of drug-likeness (QED) is 0.902. The molecule has 1 aliphatic heterocycles. The van der Waals surface area contributed by atoms with Crippen LogP contribution in [-0.2, 0) is 0 Å². The maximum atomic E-state index is 13.9. The second kappa shape index (κ2) is 5.80. The van der Waals surface area contributed by atoms with Crippen molar-refractivity contribution in [1.29, 1.82) is 0 Å². The molecule has 1 saturated heterocycles. The van der Waals surface area contributed by atoms with Crippen LogP contribution in [-0.4, -0.2) is 46.6 Å². The summed E-state index contributed by atoms with van der Waals surface area (Å²) in [6.07, 6.45) is -0.849. The zero-order valence-corrected chi connectivity index (χ0v) is 12.9. The number of hydrogen-bond acceptors (Lipinski definition) is 3. The topological polar surface area (TPSA) is 26.7 Å². The first-order valence-corrected chi connectivity index (χ1v) is 7.22. The van der Waals surface area contributed by atoms with E-state index in [4.69, 9.17) is 0 Å². The third-order valence-corrected chi connectivity index (χ3v) is 4.04. The summed E-state index contributed by atoms with van der Waals surface area (Å²) in [6.45, 7) is 11.7. The summed E-state index contributed by atoms with van der Waals surface area (Å²) in [5.74, 6) is -0.323. The van der Waals surface area contributed by atoms with Crippen LogP contribution in [0.1, 0.15) is 38.1 Å². The normalized spacial score (nSPS) is 20.1. The highest BCUT2D eigenvalue weighted by Crippen LogP contribution is 2.24. The number of aryl methyl sites for hydroxylation is 1. The van der Waals surface area contributed by atoms with Crippen LogP contribution in [0.2, 0.25) is 0 Å². The Morgan fingerprint density at radius 2 is 1.75 bits per heavy atom. The SMILES string of the molecule is Cc1ccc(C(O)N2CCN(C(C)(C)C)CC2)c(F)c1. The molecule has 20 heavy (non-hydrogen) atoms. The molecular formula is C16H25FN2O. The Kier molecular flexibility index (Phi) is 4.47. The van der Waals surface area contributed by atoms with Crippen LogP contribution < -0.4 is 0 Å². The standard InChI is InChI=1S/C16H25FN2O/c1-12-5-6-13(14(17)11-12)15(20)18-7-9-19(10-8-18)16(2,3)4/h5-6,11,15,20H,7-10H2,1-4H3. The summed E-state index contributed by atoms with van der Waals surface area (Å²) in [6, 6.07) is 5.00. The van der Waals surface area contributed by atoms with Gasteiger partial charge in [0.1, 0.15) is 12.0 Å². The largest absolute Gasteiger partial charge is 0.374 e. The Balaban J connectivity index is 2.03. The molecule has 1 aromatic rings. The molecule has 1 aliphatic rings. The Hall–Kier alpha value is -0.970. The van der Waals surface area contributed by atoms with Crippen molar-refractivity contribution in [2.45, 2.75) is 39.5 Å². The fourth-order valence-corrected chi connectivity index (χ4v) is 2.68. The predicted octanol–water partition coefficient (Wildman–Crippen LogP) is 2.54. The molecule has 3 nitrogen and oxygen atoms in total. The van der Waals surface area contributed by atoms with Crippen molar-refractivity contribution in [3.8, 4) is 0 Å². The highest BCUT2D eigenvalue weighted by Gasteiger charge is 2.29. The zero-order chi connectivity index (χ0) is 14.9. The molecule has 1 fully saturated rings. The van der Waals surface area contributed by atoms with E-state index in [2.05, 4.69) is 25.7 Å². The van der Waals surface area contributed by atoms with Gasteiger partial charge in [-0.3, -0.25) is 9.80 Å². The van der Waals surface area contributed by atoms with Gasteiger partial charge in [-0.2, -0.15) is 0 Å². The molecule has 1 N–H and O–H groups in total. The lowest BCUT2D eigenvalue weighted by molar-refractivity contribution is -0.0445. The van der Waals surface area contributed by atoms with E-state index in [9.17, 15) is 9.50 Å². The molecule has 1 atom stereocenters. The molecule has 4 heteroatoms. The number of piperazine rings is 1. The minimum Gasteiger partial charge on any atom is -0.374 e. The van der Waals surface area contributed by atoms with Crippen molar-refractivity contribution in [2.75, 3.05) is 26.2 Å². The minimum absolute atomic E-state index is 0.145. The maximum absolute atomic E-state index is 13.9. The summed E-state index contributed by atoms with van der Waals surface area (Å²) < 4.78 is 13.9. The average molecular weight is 280 g/mol. The maximum Gasteiger partial charge on any atom is 0.136 e. The number of hydrogen-bond donors (Lipinski definition) is 1. The molecule has 0 bridgehead atoms. The van der Waals surface area contributed by atoms with Gasteiger partial charge in [0.15, 0.2) is 0 Å². The van der Waals surface area contributed by atoms with Gasteiger partial charge in [-0.25, -0.2) is 4.39 Å². The summed E-state index contributed by atoms with van der Waals surface area (Å²) >= 11 is 0. The number of rotatable bonds is 2. The van der Waals surface area contributed by atoms with Crippen molar-refractivity contribution < 1.29 is 9.50 Å². The number of nitrogens with zero attached hydrogens (tertiary/aromatic N) is 2. The monoisotopic (exact) mass is 280 g/mol. The van der Waals surface area contributed by atoms with Gasteiger partial charge in [0, 0.05) is 37.3 Å². The highest BCUT2D eigenvalue weighted by molar-refractivity contribution is 5.25. The third-order valence-electron chi connectivity index (χ3n) is 4.04. The first kappa shape index (κ1) is 15.4. The van der Waals surface area contributed by atoms with Crippen molar-refractivity contribution in [1.82, 2.24) is 9.80 Å². The van der Waals surface area contributed by atoms with E-state index in [0.29, 0.717) is 5.56 Å². The average Bonchev–Trinajstić information content (AvgIpc) is 2.37. The van der Waals surface area contributed by atoms with Crippen LogP contribution in [0.5, 0.6) is 0 Å². The van der Waals surface area contributed by atoms with Crippen LogP contribution in [0, 0.1) is 12.7 Å². The van der Waals surface area contributed by atoms with Crippen LogP contribution in [0.3, 0.4) is 0 Å². The first-order valence-electron chi connectivity index (χ1n) is 7.22. The Bertz CT molecular complexity index is 462. The van der Waals surface area contributed by atoms with E-state index in [1.165, 1.54) is 6.07 Å². The summed E-state index contributed by atoms with van der Waals surface area (Å²) in [5.41, 5.74) is 1.39. The fraction of sp³-hybridized carbons (Fsp3) is 0.625. The number of aliphatic hydroxyl groups is 1. The zero-order valence-electron chi connectivity index (χ0n) is 12.9. The number of aliphatic hydroxyl groups excluding tert-OH is 1. The van der Waals surface area contributed by atoms with E-state index >= 15 is 0 Å². The van der Waals surface area contributed by atoms with Crippen molar-refractivity contribution >= 4 is 0 Å². The predicted molar refractivity (Wildman–Crippen MR) is 79.0 cm³/mol. The van der Waals surface area contributed by atoms with Gasteiger partial charge in [0.2, 0.25) is 0 Å². The van der Waals surface area contributed by atoms with Crippen molar-refractivity contribution in [3.05, 3.63) is 35.1 Å². The van der Waals surface area contributed by atoms with E-state index in [-0.39, 0.29) is 11.4 Å². The molecule has 0 aliphatic carbocycles. The van der Waals surface area contributed by atoms with Crippen LogP contribution >= 0.6 is 0 Å². The second-order valence-corrected chi connectivity index (χ2v) is 6.59. The summed E-state index contributed by atoms with van der Waals surface area (Å²) in [5, 5.41) is 10.4. The van der Waals surface area contributed by atoms with E-state index in [0.717, 1.165) is 31.7 Å². The summed E-state index contributed by atoms with van der Waals surface area (Å²) in [7, 11) is 0. The van der Waals surface area contributed by atoms with E-state index < -0.39 is 6.23 Å². The Morgan fingerprint density at radius 1 is 1.15 bits per heavy atom. The molecule has 0 aromatic heterocycles. The lowest BCUT2D eigenvalue weighted by atomic mass is 10.0. The molecule has 0 amide bonds. The van der Waals surface area contributed by atoms with Gasteiger partial charge in [-0.1, -0.05) is 12.1 Å². The van der Waals surface area contributed by atoms with Gasteiger partial charge < -0.3 is 5.11 Å². The summed E-state index contributed by atoms with van der Waals surface area (Å²) in [4.78, 5) is 4.33. The van der Waals surface area contributed by atoms with Gasteiger partial charge >= 0.3 is 0 Å². The molecule has 0 radical (unpaired) electrons. The molecule has 0 spiro atoms. The van der Waals surface area contributed by atoms with Crippen LogP contribution in [0.25, 0.3) is 0 Å². The molecule has 112 valence electrons. The highest BCUT2D eigenvalue weighted by atomic mass is 19.1.